The Hall–Kier alpha value is -2.15. The van der Waals surface area contributed by atoms with Crippen LogP contribution in [0.15, 0.2) is 18.2 Å². The van der Waals surface area contributed by atoms with E-state index in [0.29, 0.717) is 24.1 Å². The van der Waals surface area contributed by atoms with Crippen LogP contribution in [0.1, 0.15) is 30.5 Å². The summed E-state index contributed by atoms with van der Waals surface area (Å²) in [7, 11) is 0. The van der Waals surface area contributed by atoms with Gasteiger partial charge in [-0.15, -0.1) is 0 Å². The molecule has 0 aromatic heterocycles. The fourth-order valence-electron chi connectivity index (χ4n) is 1.70. The molecule has 1 aromatic rings. The van der Waals surface area contributed by atoms with Crippen LogP contribution in [0.3, 0.4) is 0 Å². The quantitative estimate of drug-likeness (QED) is 0.419. The minimum Gasteiger partial charge on any atom is -0.396 e. The Labute approximate surface area is 117 Å². The minimum absolute atomic E-state index is 0.0139. The van der Waals surface area contributed by atoms with Crippen molar-refractivity contribution < 1.29 is 14.8 Å². The third kappa shape index (κ3) is 4.51. The summed E-state index contributed by atoms with van der Waals surface area (Å²) < 4.78 is 0. The highest BCUT2D eigenvalue weighted by Crippen LogP contribution is 2.23. The maximum Gasteiger partial charge on any atom is 0.315 e. The molecule has 1 aromatic carbocycles. The number of nitrogens with zero attached hydrogens (tertiary/aromatic N) is 1. The fourth-order valence-corrected chi connectivity index (χ4v) is 1.70. The third-order valence-corrected chi connectivity index (χ3v) is 2.90. The lowest BCUT2D eigenvalue weighted by Gasteiger charge is -2.15. The smallest absolute Gasteiger partial charge is 0.315 e. The van der Waals surface area contributed by atoms with Crippen LogP contribution in [0, 0.1) is 17.0 Å². The van der Waals surface area contributed by atoms with E-state index < -0.39 is 4.92 Å². The molecule has 1 atom stereocenters. The largest absolute Gasteiger partial charge is 0.396 e. The lowest BCUT2D eigenvalue weighted by Crippen LogP contribution is -2.37. The lowest BCUT2D eigenvalue weighted by atomic mass is 10.1. The van der Waals surface area contributed by atoms with Crippen molar-refractivity contribution in [1.82, 2.24) is 10.6 Å². The van der Waals surface area contributed by atoms with E-state index in [1.54, 1.807) is 26.0 Å². The normalized spacial score (nSPS) is 11.8. The number of benzene rings is 1. The van der Waals surface area contributed by atoms with E-state index in [0.717, 1.165) is 0 Å². The van der Waals surface area contributed by atoms with Crippen LogP contribution in [-0.4, -0.2) is 29.2 Å². The van der Waals surface area contributed by atoms with Crippen molar-refractivity contribution >= 4 is 11.7 Å². The van der Waals surface area contributed by atoms with Gasteiger partial charge in [0.05, 0.1) is 11.0 Å². The first kappa shape index (κ1) is 15.9. The number of rotatable bonds is 6. The van der Waals surface area contributed by atoms with Crippen LogP contribution in [0.4, 0.5) is 10.5 Å². The number of carbonyl (C=O) groups is 1. The first-order valence-corrected chi connectivity index (χ1v) is 6.36. The van der Waals surface area contributed by atoms with Crippen molar-refractivity contribution in [2.75, 3.05) is 13.2 Å². The minimum atomic E-state index is -0.438. The molecule has 0 aliphatic carbocycles. The second-order valence-corrected chi connectivity index (χ2v) is 4.50. The molecule has 0 fully saturated rings. The van der Waals surface area contributed by atoms with E-state index in [1.807, 2.05) is 0 Å². The fraction of sp³-hybridized carbons (Fsp3) is 0.462. The maximum absolute atomic E-state index is 11.5. The van der Waals surface area contributed by atoms with Crippen LogP contribution >= 0.6 is 0 Å². The number of amides is 2. The topological polar surface area (TPSA) is 104 Å². The molecule has 0 unspecified atom stereocenters. The standard InChI is InChI=1S/C13H19N3O4/c1-9-4-5-11(8-12(9)16(19)20)10(2)15-13(18)14-6-3-7-17/h4-5,8,10,17H,3,6-7H2,1-2H3,(H2,14,15,18)/t10-/m1/s1. The van der Waals surface area contributed by atoms with Gasteiger partial charge in [-0.05, 0) is 25.8 Å². The zero-order valence-corrected chi connectivity index (χ0v) is 11.5. The van der Waals surface area contributed by atoms with Crippen LogP contribution in [0.2, 0.25) is 0 Å². The highest BCUT2D eigenvalue weighted by Gasteiger charge is 2.15. The van der Waals surface area contributed by atoms with Gasteiger partial charge in [0.2, 0.25) is 0 Å². The molecule has 7 heteroatoms. The predicted octanol–water partition coefficient (Wildman–Crippen LogP) is 1.65. The molecule has 0 saturated heterocycles. The van der Waals surface area contributed by atoms with Crippen molar-refractivity contribution in [1.29, 1.82) is 0 Å². The number of carbonyl (C=O) groups excluding carboxylic acids is 1. The zero-order valence-electron chi connectivity index (χ0n) is 11.5. The lowest BCUT2D eigenvalue weighted by molar-refractivity contribution is -0.385. The van der Waals surface area contributed by atoms with Crippen molar-refractivity contribution in [3.05, 3.63) is 39.4 Å². The maximum atomic E-state index is 11.5. The molecule has 0 bridgehead atoms. The highest BCUT2D eigenvalue weighted by atomic mass is 16.6. The van der Waals surface area contributed by atoms with E-state index >= 15 is 0 Å². The average molecular weight is 281 g/mol. The molecule has 7 nitrogen and oxygen atoms in total. The van der Waals surface area contributed by atoms with Crippen LogP contribution < -0.4 is 10.6 Å². The van der Waals surface area contributed by atoms with Gasteiger partial charge in [-0.25, -0.2) is 4.79 Å². The Kier molecular flexibility index (Phi) is 5.92. The van der Waals surface area contributed by atoms with Gasteiger partial charge in [-0.1, -0.05) is 12.1 Å². The summed E-state index contributed by atoms with van der Waals surface area (Å²) in [5.41, 5.74) is 1.29. The molecule has 0 saturated carbocycles. The van der Waals surface area contributed by atoms with Crippen molar-refractivity contribution in [2.45, 2.75) is 26.3 Å². The molecule has 20 heavy (non-hydrogen) atoms. The number of aliphatic hydroxyl groups excluding tert-OH is 1. The molecular formula is C13H19N3O4. The van der Waals surface area contributed by atoms with Crippen LogP contribution in [0.5, 0.6) is 0 Å². The number of aryl methyl sites for hydroxylation is 1. The van der Waals surface area contributed by atoms with E-state index in [9.17, 15) is 14.9 Å². The zero-order chi connectivity index (χ0) is 15.1. The number of nitro benzene ring substituents is 1. The monoisotopic (exact) mass is 281 g/mol. The summed E-state index contributed by atoms with van der Waals surface area (Å²) in [6.45, 7) is 3.81. The summed E-state index contributed by atoms with van der Waals surface area (Å²) in [5, 5.41) is 24.8. The molecule has 0 aliphatic heterocycles. The first-order valence-electron chi connectivity index (χ1n) is 6.36. The summed E-state index contributed by atoms with van der Waals surface area (Å²) in [6, 6.07) is 4.17. The molecular weight excluding hydrogens is 262 g/mol. The van der Waals surface area contributed by atoms with Crippen LogP contribution in [-0.2, 0) is 0 Å². The van der Waals surface area contributed by atoms with Crippen molar-refractivity contribution in [3.63, 3.8) is 0 Å². The summed E-state index contributed by atoms with van der Waals surface area (Å²) in [6.07, 6.45) is 0.484. The van der Waals surface area contributed by atoms with Gasteiger partial charge >= 0.3 is 6.03 Å². The molecule has 0 radical (unpaired) electrons. The average Bonchev–Trinajstić information content (AvgIpc) is 2.39. The van der Waals surface area contributed by atoms with Gasteiger partial charge in [0.15, 0.2) is 0 Å². The Morgan fingerprint density at radius 3 is 2.80 bits per heavy atom. The SMILES string of the molecule is Cc1ccc([C@@H](C)NC(=O)NCCCO)cc1[N+](=O)[O-]. The summed E-state index contributed by atoms with van der Waals surface area (Å²) in [5.74, 6) is 0. The number of nitrogens with one attached hydrogen (secondary N) is 2. The number of hydrogen-bond donors (Lipinski definition) is 3. The van der Waals surface area contributed by atoms with Crippen molar-refractivity contribution in [2.24, 2.45) is 0 Å². The Balaban J connectivity index is 2.68. The van der Waals surface area contributed by atoms with Gasteiger partial charge in [0.25, 0.3) is 5.69 Å². The molecule has 0 spiro atoms. The summed E-state index contributed by atoms with van der Waals surface area (Å²) in [4.78, 5) is 22.0. The second kappa shape index (κ2) is 7.44. The van der Waals surface area contributed by atoms with Gasteiger partial charge in [-0.2, -0.15) is 0 Å². The van der Waals surface area contributed by atoms with Gasteiger partial charge in [0.1, 0.15) is 0 Å². The Morgan fingerprint density at radius 2 is 2.20 bits per heavy atom. The Bertz CT molecular complexity index is 491. The van der Waals surface area contributed by atoms with Gasteiger partial charge < -0.3 is 15.7 Å². The van der Waals surface area contributed by atoms with Crippen LogP contribution in [0.25, 0.3) is 0 Å². The molecule has 0 heterocycles. The molecule has 0 aliphatic rings. The molecule has 2 amide bonds. The molecule has 3 N–H and O–H groups in total. The highest BCUT2D eigenvalue weighted by molar-refractivity contribution is 5.74. The molecule has 110 valence electrons. The first-order chi connectivity index (χ1) is 9.45. The summed E-state index contributed by atoms with van der Waals surface area (Å²) >= 11 is 0. The van der Waals surface area contributed by atoms with Gasteiger partial charge in [-0.3, -0.25) is 10.1 Å². The van der Waals surface area contributed by atoms with E-state index in [-0.39, 0.29) is 24.4 Å². The van der Waals surface area contributed by atoms with E-state index in [2.05, 4.69) is 10.6 Å². The van der Waals surface area contributed by atoms with Crippen molar-refractivity contribution in [3.8, 4) is 0 Å². The van der Waals surface area contributed by atoms with Gasteiger partial charge in [0, 0.05) is 24.8 Å². The second-order valence-electron chi connectivity index (χ2n) is 4.50. The number of urea groups is 1. The number of aliphatic hydroxyl groups is 1. The predicted molar refractivity (Wildman–Crippen MR) is 74.5 cm³/mol. The van der Waals surface area contributed by atoms with E-state index in [4.69, 9.17) is 5.11 Å². The third-order valence-electron chi connectivity index (χ3n) is 2.90. The molecule has 1 rings (SSSR count). The van der Waals surface area contributed by atoms with E-state index in [1.165, 1.54) is 6.07 Å². The number of hydrogen-bond acceptors (Lipinski definition) is 4. The Morgan fingerprint density at radius 1 is 1.50 bits per heavy atom. The number of nitro groups is 1.